The van der Waals surface area contributed by atoms with Crippen molar-refractivity contribution < 1.29 is 13.2 Å². The Labute approximate surface area is 122 Å². The molecule has 0 radical (unpaired) electrons. The van der Waals surface area contributed by atoms with E-state index < -0.39 is 21.0 Å². The summed E-state index contributed by atoms with van der Waals surface area (Å²) >= 11 is 10.7. The molecular formula is C11H13ClN2O3S2. The third-order valence-corrected chi connectivity index (χ3v) is 4.58. The number of amides is 1. The largest absolute Gasteiger partial charge is 0.389 e. The van der Waals surface area contributed by atoms with Gasteiger partial charge in [0.25, 0.3) is 0 Å². The second kappa shape index (κ2) is 5.85. The maximum atomic E-state index is 11.8. The number of rotatable bonds is 4. The van der Waals surface area contributed by atoms with Gasteiger partial charge in [-0.2, -0.15) is 0 Å². The van der Waals surface area contributed by atoms with Crippen molar-refractivity contribution in [3.63, 3.8) is 0 Å². The maximum Gasteiger partial charge on any atom is 0.242 e. The zero-order valence-corrected chi connectivity index (χ0v) is 12.7. The van der Waals surface area contributed by atoms with Gasteiger partial charge in [-0.1, -0.05) is 29.9 Å². The third kappa shape index (κ3) is 4.15. The zero-order valence-electron chi connectivity index (χ0n) is 10.3. The lowest BCUT2D eigenvalue weighted by Crippen LogP contribution is -2.32. The fourth-order valence-electron chi connectivity index (χ4n) is 1.20. The van der Waals surface area contributed by atoms with Crippen LogP contribution in [0.2, 0.25) is 5.02 Å². The van der Waals surface area contributed by atoms with Crippen LogP contribution >= 0.6 is 23.8 Å². The molecule has 8 heteroatoms. The Balaban J connectivity index is 3.03. The van der Waals surface area contributed by atoms with E-state index in [-0.39, 0.29) is 15.7 Å². The Morgan fingerprint density at radius 1 is 1.47 bits per heavy atom. The van der Waals surface area contributed by atoms with Gasteiger partial charge in [0.15, 0.2) is 9.84 Å². The minimum Gasteiger partial charge on any atom is -0.389 e. The number of thiocarbonyl (C=S) groups is 1. The van der Waals surface area contributed by atoms with Crippen molar-refractivity contribution >= 4 is 50.2 Å². The van der Waals surface area contributed by atoms with Crippen LogP contribution < -0.4 is 11.1 Å². The van der Waals surface area contributed by atoms with E-state index >= 15 is 0 Å². The number of sulfone groups is 1. The first-order chi connectivity index (χ1) is 8.62. The third-order valence-electron chi connectivity index (χ3n) is 2.52. The lowest BCUT2D eigenvalue weighted by Gasteiger charge is -2.12. The first kappa shape index (κ1) is 15.9. The number of halogens is 1. The predicted molar refractivity (Wildman–Crippen MR) is 80.3 cm³/mol. The summed E-state index contributed by atoms with van der Waals surface area (Å²) in [5, 5.41) is 1.55. The quantitative estimate of drug-likeness (QED) is 0.817. The Bertz CT molecular complexity index is 629. The fraction of sp³-hybridized carbons (Fsp3) is 0.273. The van der Waals surface area contributed by atoms with E-state index in [4.69, 9.17) is 29.6 Å². The zero-order chi connectivity index (χ0) is 14.8. The number of anilines is 1. The monoisotopic (exact) mass is 320 g/mol. The number of benzene rings is 1. The minimum atomic E-state index is -3.47. The van der Waals surface area contributed by atoms with E-state index in [9.17, 15) is 13.2 Å². The lowest BCUT2D eigenvalue weighted by molar-refractivity contribution is -0.115. The summed E-state index contributed by atoms with van der Waals surface area (Å²) in [7, 11) is -3.47. The lowest BCUT2D eigenvalue weighted by atomic mass is 10.2. The first-order valence-electron chi connectivity index (χ1n) is 5.22. The minimum absolute atomic E-state index is 0.156. The molecule has 19 heavy (non-hydrogen) atoms. The highest BCUT2D eigenvalue weighted by molar-refractivity contribution is 7.92. The van der Waals surface area contributed by atoms with Gasteiger partial charge >= 0.3 is 0 Å². The Morgan fingerprint density at radius 2 is 2.05 bits per heavy atom. The van der Waals surface area contributed by atoms with Crippen LogP contribution in [0.1, 0.15) is 12.5 Å². The second-order valence-corrected chi connectivity index (χ2v) is 7.23. The van der Waals surface area contributed by atoms with Crippen molar-refractivity contribution in [2.24, 2.45) is 5.73 Å². The number of carbonyl (C=O) groups is 1. The van der Waals surface area contributed by atoms with Gasteiger partial charge in [-0.05, 0) is 19.1 Å². The first-order valence-corrected chi connectivity index (χ1v) is 7.96. The van der Waals surface area contributed by atoms with Crippen LogP contribution in [0.3, 0.4) is 0 Å². The molecule has 1 unspecified atom stereocenters. The number of nitrogens with one attached hydrogen (secondary N) is 1. The average Bonchev–Trinajstić information content (AvgIpc) is 2.29. The van der Waals surface area contributed by atoms with Gasteiger partial charge in [0.1, 0.15) is 10.2 Å². The van der Waals surface area contributed by atoms with Crippen molar-refractivity contribution in [3.8, 4) is 0 Å². The van der Waals surface area contributed by atoms with Gasteiger partial charge in [-0.25, -0.2) is 8.42 Å². The molecule has 0 aliphatic heterocycles. The van der Waals surface area contributed by atoms with E-state index in [1.54, 1.807) is 6.07 Å². The smallest absolute Gasteiger partial charge is 0.242 e. The van der Waals surface area contributed by atoms with Crippen LogP contribution in [0.15, 0.2) is 18.2 Å². The molecule has 0 spiro atoms. The molecule has 0 bridgehead atoms. The van der Waals surface area contributed by atoms with Gasteiger partial charge in [-0.15, -0.1) is 0 Å². The van der Waals surface area contributed by atoms with Gasteiger partial charge in [-0.3, -0.25) is 4.79 Å². The topological polar surface area (TPSA) is 89.3 Å². The molecule has 0 saturated heterocycles. The Morgan fingerprint density at radius 3 is 2.53 bits per heavy atom. The number of nitrogens with two attached hydrogens (primary N) is 1. The normalized spacial score (nSPS) is 12.8. The van der Waals surface area contributed by atoms with Crippen LogP contribution in [0.25, 0.3) is 0 Å². The van der Waals surface area contributed by atoms with Crippen molar-refractivity contribution in [2.45, 2.75) is 12.2 Å². The van der Waals surface area contributed by atoms with E-state index in [0.29, 0.717) is 5.56 Å². The molecule has 104 valence electrons. The van der Waals surface area contributed by atoms with Crippen molar-refractivity contribution in [3.05, 3.63) is 28.8 Å². The summed E-state index contributed by atoms with van der Waals surface area (Å²) in [6.07, 6.45) is 0.990. The van der Waals surface area contributed by atoms with Crippen LogP contribution in [0.5, 0.6) is 0 Å². The Hall–Kier alpha value is -1.18. The van der Waals surface area contributed by atoms with Gasteiger partial charge in [0.05, 0.1) is 10.7 Å². The highest BCUT2D eigenvalue weighted by Gasteiger charge is 2.24. The summed E-state index contributed by atoms with van der Waals surface area (Å²) in [6, 6.07) is 4.63. The molecule has 5 nitrogen and oxygen atoms in total. The molecule has 0 heterocycles. The molecule has 3 N–H and O–H groups in total. The van der Waals surface area contributed by atoms with Crippen molar-refractivity contribution in [2.75, 3.05) is 11.6 Å². The van der Waals surface area contributed by atoms with Crippen molar-refractivity contribution in [1.82, 2.24) is 0 Å². The van der Waals surface area contributed by atoms with Gasteiger partial charge in [0, 0.05) is 11.8 Å². The van der Waals surface area contributed by atoms with E-state index in [1.807, 2.05) is 0 Å². The molecule has 1 rings (SSSR count). The van der Waals surface area contributed by atoms with E-state index in [1.165, 1.54) is 19.1 Å². The molecule has 0 aromatic heterocycles. The van der Waals surface area contributed by atoms with Crippen LogP contribution in [-0.2, 0) is 14.6 Å². The summed E-state index contributed by atoms with van der Waals surface area (Å²) in [5.74, 6) is -0.663. The predicted octanol–water partition coefficient (Wildman–Crippen LogP) is 1.35. The number of hydrogen-bond donors (Lipinski definition) is 2. The molecular weight excluding hydrogens is 308 g/mol. The highest BCUT2D eigenvalue weighted by Crippen LogP contribution is 2.23. The SMILES string of the molecule is CC(C(=O)Nc1cc(C(N)=S)ccc1Cl)S(C)(=O)=O. The van der Waals surface area contributed by atoms with Crippen LogP contribution in [0, 0.1) is 0 Å². The van der Waals surface area contributed by atoms with Crippen LogP contribution in [-0.4, -0.2) is 30.8 Å². The highest BCUT2D eigenvalue weighted by atomic mass is 35.5. The van der Waals surface area contributed by atoms with E-state index in [0.717, 1.165) is 6.26 Å². The molecule has 1 aromatic rings. The maximum absolute atomic E-state index is 11.8. The average molecular weight is 321 g/mol. The summed E-state index contributed by atoms with van der Waals surface area (Å²) in [4.78, 5) is 11.9. The second-order valence-electron chi connectivity index (χ2n) is 4.02. The number of hydrogen-bond acceptors (Lipinski definition) is 4. The summed E-state index contributed by atoms with van der Waals surface area (Å²) < 4.78 is 22.6. The summed E-state index contributed by atoms with van der Waals surface area (Å²) in [6.45, 7) is 1.30. The van der Waals surface area contributed by atoms with Gasteiger partial charge < -0.3 is 11.1 Å². The molecule has 1 atom stereocenters. The molecule has 1 aromatic carbocycles. The van der Waals surface area contributed by atoms with Gasteiger partial charge in [0.2, 0.25) is 5.91 Å². The Kier molecular flexibility index (Phi) is 4.89. The fourth-order valence-corrected chi connectivity index (χ4v) is 1.94. The standard InChI is InChI=1S/C11H13ClN2O3S2/c1-6(19(2,16)17)11(15)14-9-5-7(10(13)18)3-4-8(9)12/h3-6H,1-2H3,(H2,13,18)(H,14,15). The molecule has 0 saturated carbocycles. The number of carbonyl (C=O) groups excluding carboxylic acids is 1. The molecule has 0 fully saturated rings. The van der Waals surface area contributed by atoms with E-state index in [2.05, 4.69) is 5.32 Å². The molecule has 1 amide bonds. The van der Waals surface area contributed by atoms with Crippen molar-refractivity contribution in [1.29, 1.82) is 0 Å². The molecule has 0 aliphatic rings. The van der Waals surface area contributed by atoms with Crippen LogP contribution in [0.4, 0.5) is 5.69 Å². The molecule has 0 aliphatic carbocycles. The summed E-state index contributed by atoms with van der Waals surface area (Å²) in [5.41, 5.74) is 6.27.